The van der Waals surface area contributed by atoms with Gasteiger partial charge in [-0.2, -0.15) is 0 Å². The Bertz CT molecular complexity index is 894. The van der Waals surface area contributed by atoms with E-state index >= 15 is 0 Å². The molecular weight excluding hydrogens is 380 g/mol. The lowest BCUT2D eigenvalue weighted by molar-refractivity contribution is -0.00000854. The Kier molecular flexibility index (Phi) is 5.04. The molecule has 0 aliphatic heterocycles. The second-order valence-corrected chi connectivity index (χ2v) is 4.91. The Labute approximate surface area is 148 Å². The van der Waals surface area contributed by atoms with Crippen LogP contribution in [-0.2, 0) is 0 Å². The first-order valence-corrected chi connectivity index (χ1v) is 6.77. The molecule has 0 fully saturated rings. The van der Waals surface area contributed by atoms with Crippen molar-refractivity contribution >= 4 is 11.0 Å². The lowest BCUT2D eigenvalue weighted by Gasteiger charge is -2.05. The van der Waals surface area contributed by atoms with Crippen LogP contribution in [0.4, 0.5) is 0 Å². The van der Waals surface area contributed by atoms with E-state index in [0.717, 1.165) is 0 Å². The highest BCUT2D eigenvalue weighted by Gasteiger charge is 2.25. The van der Waals surface area contributed by atoms with Gasteiger partial charge < -0.3 is 41.8 Å². The number of phenols is 2. The third-order valence-corrected chi connectivity index (χ3v) is 3.48. The second-order valence-electron chi connectivity index (χ2n) is 4.91. The quantitative estimate of drug-likeness (QED) is 0.561. The van der Waals surface area contributed by atoms with Crippen molar-refractivity contribution in [3.63, 3.8) is 0 Å². The third-order valence-electron chi connectivity index (χ3n) is 3.48. The number of rotatable bonds is 3. The number of hydrogen-bond donors (Lipinski definition) is 3. The molecule has 0 saturated heterocycles. The molecule has 0 amide bonds. The van der Waals surface area contributed by atoms with E-state index < -0.39 is 0 Å². The van der Waals surface area contributed by atoms with Gasteiger partial charge in [0.15, 0.2) is 11.5 Å². The molecule has 1 heterocycles. The zero-order chi connectivity index (χ0) is 16.6. The molecule has 7 heteroatoms. The number of hydrogen-bond acceptors (Lipinski definition) is 5. The average molecular weight is 395 g/mol. The summed E-state index contributed by atoms with van der Waals surface area (Å²) >= 11 is 0. The van der Waals surface area contributed by atoms with Gasteiger partial charge in [0.05, 0.1) is 25.8 Å². The van der Waals surface area contributed by atoms with Gasteiger partial charge in [0.2, 0.25) is 5.75 Å². The summed E-state index contributed by atoms with van der Waals surface area (Å²) in [5.41, 5.74) is 0.864. The SMILES string of the molecule is COc1cc(-c2[o+]c3cc(O)cc(OC)c3cc2O)ccc1O.[Br-]. The van der Waals surface area contributed by atoms with Gasteiger partial charge in [-0.15, -0.1) is 0 Å². The summed E-state index contributed by atoms with van der Waals surface area (Å²) in [6.45, 7) is 0. The summed E-state index contributed by atoms with van der Waals surface area (Å²) in [4.78, 5) is 0. The maximum absolute atomic E-state index is 10.3. The van der Waals surface area contributed by atoms with Gasteiger partial charge in [0.1, 0.15) is 16.9 Å². The highest BCUT2D eigenvalue weighted by molar-refractivity contribution is 5.88. The first-order chi connectivity index (χ1) is 11.0. The largest absolute Gasteiger partial charge is 1.00 e. The second kappa shape index (κ2) is 6.84. The van der Waals surface area contributed by atoms with E-state index in [4.69, 9.17) is 13.9 Å². The van der Waals surface area contributed by atoms with Gasteiger partial charge in [0, 0.05) is 18.2 Å². The molecule has 24 heavy (non-hydrogen) atoms. The number of aromatic hydroxyl groups is 3. The van der Waals surface area contributed by atoms with E-state index in [2.05, 4.69) is 0 Å². The van der Waals surface area contributed by atoms with Crippen LogP contribution in [0.3, 0.4) is 0 Å². The molecule has 0 saturated carbocycles. The standard InChI is InChI=1S/C17H14O6.BrH/c1-21-14-6-10(18)7-15-11(14)8-13(20)17(23-15)9-3-4-12(19)16(5-9)22-2;/h3-8H,1-2H3,(H2-,18,19,20);1H. The van der Waals surface area contributed by atoms with Crippen molar-refractivity contribution in [2.75, 3.05) is 14.2 Å². The fourth-order valence-electron chi connectivity index (χ4n) is 2.37. The Morgan fingerprint density at radius 2 is 1.54 bits per heavy atom. The van der Waals surface area contributed by atoms with E-state index in [0.29, 0.717) is 22.3 Å². The fraction of sp³-hybridized carbons (Fsp3) is 0.118. The highest BCUT2D eigenvalue weighted by Crippen LogP contribution is 2.40. The van der Waals surface area contributed by atoms with Crippen molar-refractivity contribution in [1.82, 2.24) is 0 Å². The zero-order valence-electron chi connectivity index (χ0n) is 12.9. The Balaban J connectivity index is 0.00000208. The molecule has 0 aliphatic rings. The van der Waals surface area contributed by atoms with Crippen LogP contribution in [0.1, 0.15) is 0 Å². The first-order valence-electron chi connectivity index (χ1n) is 6.77. The summed E-state index contributed by atoms with van der Waals surface area (Å²) in [5, 5.41) is 30.2. The normalized spacial score (nSPS) is 10.2. The summed E-state index contributed by atoms with van der Waals surface area (Å²) in [5.74, 6) is 0.686. The van der Waals surface area contributed by atoms with Crippen LogP contribution in [0, 0.1) is 0 Å². The fourth-order valence-corrected chi connectivity index (χ4v) is 2.37. The molecule has 3 aromatic rings. The first kappa shape index (κ1) is 17.7. The van der Waals surface area contributed by atoms with Gasteiger partial charge in [-0.3, -0.25) is 0 Å². The molecule has 3 N–H and O–H groups in total. The monoisotopic (exact) mass is 394 g/mol. The minimum absolute atomic E-state index is 0. The Morgan fingerprint density at radius 3 is 2.21 bits per heavy atom. The van der Waals surface area contributed by atoms with Crippen molar-refractivity contribution in [1.29, 1.82) is 0 Å². The van der Waals surface area contributed by atoms with Crippen LogP contribution in [-0.4, -0.2) is 29.5 Å². The summed E-state index contributed by atoms with van der Waals surface area (Å²) in [6.07, 6.45) is 0. The number of benzene rings is 2. The Hall–Kier alpha value is -2.67. The lowest BCUT2D eigenvalue weighted by Crippen LogP contribution is -3.00. The zero-order valence-corrected chi connectivity index (χ0v) is 14.5. The molecule has 1 aromatic heterocycles. The number of phenolic OH excluding ortho intramolecular Hbond substituents is 2. The van der Waals surface area contributed by atoms with Crippen LogP contribution < -0.4 is 26.5 Å². The van der Waals surface area contributed by atoms with E-state index in [-0.39, 0.29) is 45.7 Å². The molecule has 2 aromatic carbocycles. The molecule has 0 bridgehead atoms. The maximum atomic E-state index is 10.3. The molecule has 6 nitrogen and oxygen atoms in total. The molecule has 0 unspecified atom stereocenters. The van der Waals surface area contributed by atoms with E-state index in [1.54, 1.807) is 12.1 Å². The molecule has 0 spiro atoms. The summed E-state index contributed by atoms with van der Waals surface area (Å²) in [6, 6.07) is 8.92. The van der Waals surface area contributed by atoms with Crippen molar-refractivity contribution in [2.24, 2.45) is 0 Å². The van der Waals surface area contributed by atoms with Gasteiger partial charge in [-0.05, 0) is 12.1 Å². The van der Waals surface area contributed by atoms with E-state index in [9.17, 15) is 15.3 Å². The van der Waals surface area contributed by atoms with Gasteiger partial charge >= 0.3 is 11.3 Å². The van der Waals surface area contributed by atoms with Crippen LogP contribution in [0.2, 0.25) is 0 Å². The highest BCUT2D eigenvalue weighted by atomic mass is 79.9. The predicted molar refractivity (Wildman–Crippen MR) is 84.2 cm³/mol. The summed E-state index contributed by atoms with van der Waals surface area (Å²) in [7, 11) is 2.89. The van der Waals surface area contributed by atoms with Crippen molar-refractivity contribution in [3.05, 3.63) is 36.4 Å². The number of methoxy groups -OCH3 is 2. The molecule has 0 aliphatic carbocycles. The molecule has 3 rings (SSSR count). The minimum atomic E-state index is -0.103. The van der Waals surface area contributed by atoms with Gasteiger partial charge in [-0.1, -0.05) is 0 Å². The van der Waals surface area contributed by atoms with Crippen LogP contribution >= 0.6 is 0 Å². The predicted octanol–water partition coefficient (Wildman–Crippen LogP) is 0.519. The van der Waals surface area contributed by atoms with Gasteiger partial charge in [-0.25, -0.2) is 4.42 Å². The van der Waals surface area contributed by atoms with Gasteiger partial charge in [0.25, 0.3) is 0 Å². The van der Waals surface area contributed by atoms with Crippen LogP contribution in [0.5, 0.6) is 28.7 Å². The van der Waals surface area contributed by atoms with Crippen molar-refractivity contribution in [3.8, 4) is 40.1 Å². The average Bonchev–Trinajstić information content (AvgIpc) is 2.54. The van der Waals surface area contributed by atoms with E-state index in [1.165, 1.54) is 38.5 Å². The Morgan fingerprint density at radius 1 is 0.833 bits per heavy atom. The number of halogens is 1. The number of ether oxygens (including phenoxy) is 2. The summed E-state index contributed by atoms with van der Waals surface area (Å²) < 4.78 is 15.9. The van der Waals surface area contributed by atoms with Crippen LogP contribution in [0.25, 0.3) is 22.3 Å². The van der Waals surface area contributed by atoms with Crippen LogP contribution in [0.15, 0.2) is 40.8 Å². The molecule has 0 atom stereocenters. The molecular formula is C17H15BrO6. The van der Waals surface area contributed by atoms with E-state index in [1.807, 2.05) is 0 Å². The lowest BCUT2D eigenvalue weighted by atomic mass is 10.1. The number of fused-ring (bicyclic) bond motifs is 1. The van der Waals surface area contributed by atoms with Crippen molar-refractivity contribution in [2.45, 2.75) is 0 Å². The minimum Gasteiger partial charge on any atom is -1.00 e. The molecule has 126 valence electrons. The third kappa shape index (κ3) is 3.03. The van der Waals surface area contributed by atoms with Crippen molar-refractivity contribution < 1.29 is 46.2 Å². The molecule has 0 radical (unpaired) electrons. The topological polar surface area (TPSA) is 90.5 Å². The maximum Gasteiger partial charge on any atom is 0.402 e. The smallest absolute Gasteiger partial charge is 0.402 e.